The molecular weight excluding hydrogens is 386 g/mol. The van der Waals surface area contributed by atoms with Crippen molar-refractivity contribution >= 4 is 15.9 Å². The van der Waals surface area contributed by atoms with Crippen molar-refractivity contribution < 1.29 is 22.5 Å². The van der Waals surface area contributed by atoms with E-state index < -0.39 is 10.0 Å². The number of aromatic nitrogens is 3. The molecule has 1 amide bonds. The van der Waals surface area contributed by atoms with Crippen LogP contribution < -0.4 is 10.0 Å². The first-order chi connectivity index (χ1) is 13.4. The number of fused-ring (bicyclic) bond motifs is 1. The van der Waals surface area contributed by atoms with E-state index in [1.54, 1.807) is 18.5 Å². The first kappa shape index (κ1) is 19.1. The van der Waals surface area contributed by atoms with E-state index in [0.29, 0.717) is 37.6 Å². The van der Waals surface area contributed by atoms with E-state index in [2.05, 4.69) is 20.3 Å². The largest absolute Gasteiger partial charge is 0.376 e. The van der Waals surface area contributed by atoms with E-state index in [4.69, 9.17) is 9.26 Å². The molecule has 4 rings (SSSR count). The van der Waals surface area contributed by atoms with Crippen molar-refractivity contribution in [2.24, 2.45) is 0 Å². The number of hydrogen-bond donors (Lipinski definition) is 2. The first-order valence-corrected chi connectivity index (χ1v) is 10.7. The Morgan fingerprint density at radius 2 is 2.11 bits per heavy atom. The van der Waals surface area contributed by atoms with Crippen molar-refractivity contribution in [1.29, 1.82) is 0 Å². The number of nitrogens with zero attached hydrogens (tertiary/aromatic N) is 3. The monoisotopic (exact) mass is 409 g/mol. The Morgan fingerprint density at radius 1 is 1.32 bits per heavy atom. The number of rotatable bonds is 7. The summed E-state index contributed by atoms with van der Waals surface area (Å²) in [5.74, 6) is 0.0527. The Kier molecular flexibility index (Phi) is 4.98. The molecule has 2 aromatic rings. The van der Waals surface area contributed by atoms with Crippen LogP contribution in [0.15, 0.2) is 9.42 Å². The molecule has 2 aliphatic rings. The van der Waals surface area contributed by atoms with E-state index >= 15 is 0 Å². The molecule has 0 saturated heterocycles. The average Bonchev–Trinajstić information content (AvgIpc) is 3.28. The lowest BCUT2D eigenvalue weighted by atomic mass is 10.1. The molecule has 0 aromatic carbocycles. The van der Waals surface area contributed by atoms with Gasteiger partial charge in [0.2, 0.25) is 10.0 Å². The van der Waals surface area contributed by atoms with Crippen LogP contribution in [-0.4, -0.2) is 48.5 Å². The second-order valence-electron chi connectivity index (χ2n) is 7.10. The topological polar surface area (TPSA) is 128 Å². The summed E-state index contributed by atoms with van der Waals surface area (Å²) in [6, 6.07) is 0.236. The highest BCUT2D eigenvalue weighted by atomic mass is 32.2. The lowest BCUT2D eigenvalue weighted by Gasteiger charge is -2.15. The molecule has 2 N–H and O–H groups in total. The predicted octanol–water partition coefficient (Wildman–Crippen LogP) is 0.431. The molecule has 2 aromatic heterocycles. The number of nitrogens with one attached hydrogen (secondary N) is 2. The van der Waals surface area contributed by atoms with E-state index in [1.807, 2.05) is 0 Å². The minimum Gasteiger partial charge on any atom is -0.376 e. The number of ether oxygens (including phenoxy) is 1. The molecule has 0 bridgehead atoms. The van der Waals surface area contributed by atoms with Crippen LogP contribution in [0.3, 0.4) is 0 Å². The molecule has 1 aliphatic carbocycles. The van der Waals surface area contributed by atoms with Crippen molar-refractivity contribution in [3.05, 3.63) is 28.4 Å². The zero-order chi connectivity index (χ0) is 19.9. The SMILES string of the molecule is Cc1noc(C)c1S(=O)(=O)NCCn1nc(C(=O)NC2CC2)c2c1CCOC2. The molecule has 3 heterocycles. The van der Waals surface area contributed by atoms with Crippen LogP contribution in [0.1, 0.15) is 46.0 Å². The molecular formula is C17H23N5O5S. The van der Waals surface area contributed by atoms with Gasteiger partial charge in [-0.05, 0) is 26.7 Å². The molecule has 11 heteroatoms. The van der Waals surface area contributed by atoms with Gasteiger partial charge in [-0.3, -0.25) is 9.48 Å². The molecule has 28 heavy (non-hydrogen) atoms. The second-order valence-corrected chi connectivity index (χ2v) is 8.80. The van der Waals surface area contributed by atoms with Crippen molar-refractivity contribution in [3.63, 3.8) is 0 Å². The molecule has 152 valence electrons. The summed E-state index contributed by atoms with van der Waals surface area (Å²) in [6.45, 7) is 4.47. The Bertz CT molecular complexity index is 986. The highest BCUT2D eigenvalue weighted by Crippen LogP contribution is 2.24. The van der Waals surface area contributed by atoms with Gasteiger partial charge in [-0.15, -0.1) is 0 Å². The molecule has 0 unspecified atom stereocenters. The van der Waals surface area contributed by atoms with Crippen LogP contribution >= 0.6 is 0 Å². The quantitative estimate of drug-likeness (QED) is 0.679. The van der Waals surface area contributed by atoms with Crippen LogP contribution in [0.2, 0.25) is 0 Å². The summed E-state index contributed by atoms with van der Waals surface area (Å²) in [5.41, 5.74) is 2.40. The maximum Gasteiger partial charge on any atom is 0.272 e. The zero-order valence-electron chi connectivity index (χ0n) is 15.8. The minimum absolute atomic E-state index is 0.0629. The normalized spacial score (nSPS) is 16.8. The summed E-state index contributed by atoms with van der Waals surface area (Å²) in [5, 5.41) is 11.1. The lowest BCUT2D eigenvalue weighted by Crippen LogP contribution is -2.29. The molecule has 1 fully saturated rings. The number of amides is 1. The number of carbonyl (C=O) groups excluding carboxylic acids is 1. The summed E-state index contributed by atoms with van der Waals surface area (Å²) in [6.07, 6.45) is 2.62. The molecule has 1 saturated carbocycles. The van der Waals surface area contributed by atoms with Crippen molar-refractivity contribution in [2.75, 3.05) is 13.2 Å². The molecule has 0 atom stereocenters. The smallest absolute Gasteiger partial charge is 0.272 e. The maximum atomic E-state index is 12.5. The van der Waals surface area contributed by atoms with Gasteiger partial charge >= 0.3 is 0 Å². The van der Waals surface area contributed by atoms with E-state index in [-0.39, 0.29) is 29.1 Å². The van der Waals surface area contributed by atoms with Gasteiger partial charge < -0.3 is 14.6 Å². The Hall–Kier alpha value is -2.24. The van der Waals surface area contributed by atoms with Gasteiger partial charge in [0.15, 0.2) is 11.5 Å². The van der Waals surface area contributed by atoms with Crippen molar-refractivity contribution in [3.8, 4) is 0 Å². The number of aryl methyl sites for hydroxylation is 2. The van der Waals surface area contributed by atoms with Gasteiger partial charge in [-0.25, -0.2) is 13.1 Å². The molecule has 10 nitrogen and oxygen atoms in total. The number of carbonyl (C=O) groups is 1. The Labute approximate surface area is 162 Å². The highest BCUT2D eigenvalue weighted by molar-refractivity contribution is 7.89. The Balaban J connectivity index is 1.49. The minimum atomic E-state index is -3.74. The number of hydrogen-bond acceptors (Lipinski definition) is 7. The third kappa shape index (κ3) is 3.69. The van der Waals surface area contributed by atoms with Gasteiger partial charge in [0, 0.05) is 30.3 Å². The average molecular weight is 409 g/mol. The Morgan fingerprint density at radius 3 is 2.79 bits per heavy atom. The van der Waals surface area contributed by atoms with Gasteiger partial charge in [0.05, 0.1) is 19.8 Å². The van der Waals surface area contributed by atoms with Gasteiger partial charge in [-0.1, -0.05) is 5.16 Å². The zero-order valence-corrected chi connectivity index (χ0v) is 16.6. The van der Waals surface area contributed by atoms with Crippen LogP contribution in [0.25, 0.3) is 0 Å². The third-order valence-corrected chi connectivity index (χ3v) is 6.58. The summed E-state index contributed by atoms with van der Waals surface area (Å²) in [7, 11) is -3.74. The molecule has 0 spiro atoms. The summed E-state index contributed by atoms with van der Waals surface area (Å²) >= 11 is 0. The fraction of sp³-hybridized carbons (Fsp3) is 0.588. The van der Waals surface area contributed by atoms with Crippen molar-refractivity contribution in [1.82, 2.24) is 25.0 Å². The lowest BCUT2D eigenvalue weighted by molar-refractivity contribution is 0.0922. The van der Waals surface area contributed by atoms with E-state index in [1.165, 1.54) is 0 Å². The highest BCUT2D eigenvalue weighted by Gasteiger charge is 2.30. The summed E-state index contributed by atoms with van der Waals surface area (Å²) < 4.78 is 39.8. The van der Waals surface area contributed by atoms with Gasteiger partial charge in [-0.2, -0.15) is 5.10 Å². The van der Waals surface area contributed by atoms with Crippen molar-refractivity contribution in [2.45, 2.75) is 57.2 Å². The fourth-order valence-corrected chi connectivity index (χ4v) is 4.72. The van der Waals surface area contributed by atoms with Crippen LogP contribution in [-0.2, 0) is 34.3 Å². The standard InChI is InChI=1S/C17H23N5O5S/c1-10-16(11(2)27-21-10)28(24,25)18-6-7-22-14-5-8-26-9-13(14)15(20-22)17(23)19-12-3-4-12/h12,18H,3-9H2,1-2H3,(H,19,23). The summed E-state index contributed by atoms with van der Waals surface area (Å²) in [4.78, 5) is 12.5. The van der Waals surface area contributed by atoms with E-state index in [0.717, 1.165) is 24.1 Å². The fourth-order valence-electron chi connectivity index (χ4n) is 3.37. The van der Waals surface area contributed by atoms with Gasteiger partial charge in [0.25, 0.3) is 5.91 Å². The predicted molar refractivity (Wildman–Crippen MR) is 97.2 cm³/mol. The van der Waals surface area contributed by atoms with Crippen LogP contribution in [0.4, 0.5) is 0 Å². The third-order valence-electron chi connectivity index (χ3n) is 4.88. The second kappa shape index (κ2) is 7.30. The molecule has 1 aliphatic heterocycles. The first-order valence-electron chi connectivity index (χ1n) is 9.26. The molecule has 0 radical (unpaired) electrons. The van der Waals surface area contributed by atoms with Gasteiger partial charge in [0.1, 0.15) is 10.6 Å². The van der Waals surface area contributed by atoms with Crippen LogP contribution in [0.5, 0.6) is 0 Å². The maximum absolute atomic E-state index is 12.5. The van der Waals surface area contributed by atoms with E-state index in [9.17, 15) is 13.2 Å². The van der Waals surface area contributed by atoms with Crippen LogP contribution in [0, 0.1) is 13.8 Å². The number of sulfonamides is 1.